The minimum atomic E-state index is -4.77. The fourth-order valence-electron chi connectivity index (χ4n) is 9.89. The summed E-state index contributed by atoms with van der Waals surface area (Å²) in [5, 5.41) is 39.2. The van der Waals surface area contributed by atoms with Crippen molar-refractivity contribution in [3.63, 3.8) is 0 Å². The van der Waals surface area contributed by atoms with Crippen LogP contribution >= 0.6 is 0 Å². The number of aliphatic hydroxyl groups excluding tert-OH is 1. The van der Waals surface area contributed by atoms with Gasteiger partial charge in [0.05, 0.1) is 13.7 Å². The van der Waals surface area contributed by atoms with Crippen molar-refractivity contribution in [1.29, 1.82) is 0 Å². The van der Waals surface area contributed by atoms with Gasteiger partial charge in [-0.2, -0.15) is 0 Å². The average molecular weight is 1150 g/mol. The number of aromatic hydroxyl groups is 3. The van der Waals surface area contributed by atoms with Crippen molar-refractivity contribution in [2.24, 2.45) is 0 Å². The predicted molar refractivity (Wildman–Crippen MR) is 305 cm³/mol. The van der Waals surface area contributed by atoms with E-state index in [2.05, 4.69) is 6.07 Å². The molecule has 0 saturated carbocycles. The van der Waals surface area contributed by atoms with Crippen LogP contribution in [0.25, 0.3) is 33.4 Å². The summed E-state index contributed by atoms with van der Waals surface area (Å²) in [5.41, 5.74) is 15.9. The van der Waals surface area contributed by atoms with Crippen LogP contribution in [0.4, 0.5) is 13.3 Å². The number of aryl methyl sites for hydroxylation is 7. The average Bonchev–Trinajstić information content (AvgIpc) is 4.14. The molecule has 0 heterocycles. The number of phenols is 3. The van der Waals surface area contributed by atoms with Crippen molar-refractivity contribution in [2.45, 2.75) is 95.5 Å². The van der Waals surface area contributed by atoms with E-state index >= 15 is 0 Å². The smallest absolute Gasteiger partial charge is 1.00 e. The largest absolute Gasteiger partial charge is 1.00 e. The summed E-state index contributed by atoms with van der Waals surface area (Å²) in [6.45, 7) is 11.2. The van der Waals surface area contributed by atoms with Gasteiger partial charge in [0.15, 0.2) is 17.7 Å². The normalized spacial score (nSPS) is 15.8. The molecule has 4 N–H and O–H groups in total. The number of phenolic OH excluding ortho intramolecular Hbond substituents is 3. The van der Waals surface area contributed by atoms with E-state index in [1.54, 1.807) is 12.1 Å². The van der Waals surface area contributed by atoms with Gasteiger partial charge in [0.25, 0.3) is 20.0 Å². The van der Waals surface area contributed by atoms with Crippen LogP contribution < -0.4 is 29.6 Å². The van der Waals surface area contributed by atoms with Crippen molar-refractivity contribution in [3.05, 3.63) is 218 Å². The molecule has 81 heavy (non-hydrogen) atoms. The first-order valence-corrected chi connectivity index (χ1v) is 28.2. The summed E-state index contributed by atoms with van der Waals surface area (Å²) in [5.74, 6) is 0.812. The predicted octanol–water partition coefficient (Wildman–Crippen LogP) is 9.85. The van der Waals surface area contributed by atoms with E-state index in [1.165, 1.54) is 36.4 Å². The van der Waals surface area contributed by atoms with Gasteiger partial charge < -0.3 is 21.9 Å². The maximum absolute atomic E-state index is 14.0. The number of rotatable bonds is 7. The minimum absolute atomic E-state index is 0. The molecule has 11 rings (SSSR count). The molecule has 0 aliphatic heterocycles. The Bertz CT molecular complexity index is 3780. The molecule has 0 fully saturated rings. The SMILES string of the molecule is Cc1cc(-c2ccc3c(c2)CC(F)C3=O)cc(C)c1O.Cc1cc(-c2ccc3c(c2)CC(F)C3O)cc(C)c1O.Cc1cc(-c2ccc3c(c2)CCC3=O)cc(C)c1O.O=S(=O)(c1ccccc1)N(F)S(=O)(=O)c1ccccc1.[B].[H-].[Na+]. The number of hydrogen-bond acceptors (Lipinski definition) is 10. The minimum Gasteiger partial charge on any atom is -1.00 e. The zero-order valence-electron chi connectivity index (χ0n) is 46.7. The quantitative estimate of drug-likeness (QED) is 0.0884. The van der Waals surface area contributed by atoms with Gasteiger partial charge in [-0.3, -0.25) is 9.59 Å². The number of aliphatic hydroxyl groups is 1. The molecule has 18 heteroatoms. The van der Waals surface area contributed by atoms with Crippen molar-refractivity contribution >= 4 is 40.0 Å². The molecule has 11 nitrogen and oxygen atoms in total. The van der Waals surface area contributed by atoms with Crippen LogP contribution in [0, 0.1) is 41.5 Å². The van der Waals surface area contributed by atoms with Crippen molar-refractivity contribution in [3.8, 4) is 50.6 Å². The Morgan fingerprint density at radius 1 is 0.481 bits per heavy atom. The maximum atomic E-state index is 14.0. The summed E-state index contributed by atoms with van der Waals surface area (Å²) in [7, 11) is -9.53. The molecule has 3 aliphatic carbocycles. The van der Waals surface area contributed by atoms with Gasteiger partial charge >= 0.3 is 29.6 Å². The molecule has 0 bridgehead atoms. The van der Waals surface area contributed by atoms with E-state index in [1.807, 2.05) is 114 Å². The third kappa shape index (κ3) is 13.6. The van der Waals surface area contributed by atoms with E-state index in [9.17, 15) is 60.1 Å². The number of carbonyl (C=O) groups excluding carboxylic acids is 2. The summed E-state index contributed by atoms with van der Waals surface area (Å²) in [4.78, 5) is 22.3. The first kappa shape index (κ1) is 63.4. The van der Waals surface area contributed by atoms with Gasteiger partial charge in [-0.25, -0.2) is 25.6 Å². The summed E-state index contributed by atoms with van der Waals surface area (Å²) >= 11 is 0. The number of sulfonamides is 2. The molecule has 413 valence electrons. The number of halogens is 3. The van der Waals surface area contributed by atoms with E-state index in [-0.39, 0.29) is 58.0 Å². The number of ketones is 2. The first-order chi connectivity index (χ1) is 37.4. The number of Topliss-reactive ketones (excluding diaryl/α,β-unsaturated/α-hetero) is 2. The molecule has 8 aromatic rings. The third-order valence-corrected chi connectivity index (χ3v) is 17.9. The Morgan fingerprint density at radius 2 is 0.852 bits per heavy atom. The molecule has 3 radical (unpaired) electrons. The van der Waals surface area contributed by atoms with Gasteiger partial charge in [-0.15, -0.1) is 4.48 Å². The number of alkyl halides is 2. The molecule has 3 unspecified atom stereocenters. The van der Waals surface area contributed by atoms with Crippen LogP contribution in [0.2, 0.25) is 0 Å². The van der Waals surface area contributed by atoms with E-state index in [0.29, 0.717) is 34.8 Å². The van der Waals surface area contributed by atoms with Crippen molar-refractivity contribution in [2.75, 3.05) is 0 Å². The van der Waals surface area contributed by atoms with Gasteiger partial charge in [-0.1, -0.05) is 91.0 Å². The first-order valence-electron chi connectivity index (χ1n) is 25.3. The van der Waals surface area contributed by atoms with Crippen LogP contribution in [0.15, 0.2) is 161 Å². The molecule has 0 aromatic heterocycles. The second kappa shape index (κ2) is 26.0. The number of carbonyl (C=O) groups is 2. The summed E-state index contributed by atoms with van der Waals surface area (Å²) in [6.07, 6.45) is -1.70. The van der Waals surface area contributed by atoms with Crippen LogP contribution in [-0.2, 0) is 39.3 Å². The second-order valence-electron chi connectivity index (χ2n) is 19.9. The Balaban J connectivity index is 0.000000198. The number of benzene rings is 8. The third-order valence-electron chi connectivity index (χ3n) is 14.2. The van der Waals surface area contributed by atoms with E-state index in [4.69, 9.17) is 0 Å². The standard InChI is InChI=1S/C17H17FO2.C17H15FO2.C17H16O2.C12H10FNO4S2.B.Na.H/c2*1-9-5-12(6-10(2)16(9)19)11-3-4-14-13(7-11)8-15(18)17(14)20;1-10-7-14(8-11(2)17(10)19)12-3-5-15-13(9-12)4-6-16(15)18;13-14(19(15,16)11-7-3-1-4-8-11)20(17,18)12-9-5-2-6-10-12;;;/h3-7,15,17,19-20H,8H2,1-2H3;3-7,15,19H,8H2,1-2H3;3,5,7-9,19H,4,6H2,1-2H3;1-10H;;;/q;;;;;+1;-1. The van der Waals surface area contributed by atoms with Crippen LogP contribution in [0.5, 0.6) is 17.2 Å². The summed E-state index contributed by atoms with van der Waals surface area (Å²) in [6, 6.07) is 41.7. The molecular weight excluding hydrogens is 1090 g/mol. The zero-order valence-corrected chi connectivity index (χ0v) is 49.3. The van der Waals surface area contributed by atoms with Crippen LogP contribution in [-0.4, -0.2) is 73.5 Å². The Kier molecular flexibility index (Phi) is 20.3. The maximum Gasteiger partial charge on any atom is 1.00 e. The molecule has 3 aliphatic rings. The summed E-state index contributed by atoms with van der Waals surface area (Å²) < 4.78 is 87.6. The molecule has 0 spiro atoms. The molecule has 3 atom stereocenters. The van der Waals surface area contributed by atoms with Crippen molar-refractivity contribution in [1.82, 2.24) is 3.93 Å². The number of fused-ring (bicyclic) bond motifs is 3. The topological polar surface area (TPSA) is 187 Å². The fourth-order valence-corrected chi connectivity index (χ4v) is 12.8. The van der Waals surface area contributed by atoms with Crippen LogP contribution in [0.3, 0.4) is 0 Å². The molecule has 8 aromatic carbocycles. The Morgan fingerprint density at radius 3 is 1.27 bits per heavy atom. The number of hydrogen-bond donors (Lipinski definition) is 4. The Labute approximate surface area is 496 Å². The molecule has 0 amide bonds. The zero-order chi connectivity index (χ0) is 57.2. The van der Waals surface area contributed by atoms with Gasteiger partial charge in [0.2, 0.25) is 0 Å². The van der Waals surface area contributed by atoms with E-state index < -0.39 is 58.0 Å². The van der Waals surface area contributed by atoms with E-state index in [0.717, 1.165) is 120 Å². The van der Waals surface area contributed by atoms with Gasteiger partial charge in [-0.05, 0) is 198 Å². The molecule has 0 saturated heterocycles. The number of nitrogens with zero attached hydrogens (tertiary/aromatic N) is 1. The second-order valence-corrected chi connectivity index (χ2v) is 23.7. The Hall–Kier alpha value is -6.83. The molecular formula is C63H59BF3NNaO10S2. The fraction of sp³-hybridized carbons (Fsp3) is 0.206. The van der Waals surface area contributed by atoms with Gasteiger partial charge in [0, 0.05) is 38.8 Å². The monoisotopic (exact) mass is 1140 g/mol. The van der Waals surface area contributed by atoms with Crippen LogP contribution in [0.1, 0.15) is 90.3 Å². The van der Waals surface area contributed by atoms with Gasteiger partial charge in [0.1, 0.15) is 29.5 Å². The van der Waals surface area contributed by atoms with Crippen molar-refractivity contribution < 1.29 is 91.1 Å².